The van der Waals surface area contributed by atoms with Crippen molar-refractivity contribution in [3.05, 3.63) is 167 Å². The van der Waals surface area contributed by atoms with Crippen molar-refractivity contribution in [3.63, 3.8) is 0 Å². The third-order valence-electron chi connectivity index (χ3n) is 10.7. The van der Waals surface area contributed by atoms with Gasteiger partial charge in [0.15, 0.2) is 0 Å². The molecule has 0 radical (unpaired) electrons. The number of fused-ring (bicyclic) bond motifs is 1. The van der Waals surface area contributed by atoms with Gasteiger partial charge in [0.1, 0.15) is 11.6 Å². The molecule has 0 aliphatic rings. The number of nitrogens with zero attached hydrogens (tertiary/aromatic N) is 3. The van der Waals surface area contributed by atoms with Gasteiger partial charge in [0.2, 0.25) is 0 Å². The Bertz CT molecular complexity index is 3520. The van der Waals surface area contributed by atoms with Gasteiger partial charge in [0, 0.05) is 60.5 Å². The zero-order chi connectivity index (χ0) is 56.2. The zero-order valence-corrected chi connectivity index (χ0v) is 37.3. The van der Waals surface area contributed by atoms with Crippen LogP contribution in [0.3, 0.4) is 0 Å². The van der Waals surface area contributed by atoms with E-state index in [1.165, 1.54) is 30.5 Å². The topological polar surface area (TPSA) is 50.9 Å². The molecule has 5 heteroatoms. The monoisotopic (exact) mass is 998 g/mol. The number of para-hydroxylation sites is 1. The summed E-state index contributed by atoms with van der Waals surface area (Å²) in [7, 11) is 0. The molecule has 8 rings (SSSR count). The third kappa shape index (κ3) is 8.66. The molecule has 0 saturated carbocycles. The third-order valence-corrected chi connectivity index (χ3v) is 10.7. The summed E-state index contributed by atoms with van der Waals surface area (Å²) in [6.45, 7) is 0.412. The standard InChI is InChI=1S/C56H56N3O.Pt/c1-35-20-22-37(23-21-35)39-26-27-57-48(33-39)41-30-40(31-43(32-41)55(6,7)8)44-18-15-19-50-51(44)58-53(46-28-36(2)29-47(52(46)60)56(9,10)11)59(50)49-25-24-42(54(3,4)5)34-45(49)38-16-13-12-14-17-38;/h12-29,31-34,60H,1-11H3;/q-1;/i1D3,3D3,4D3,5D3,20D,21D,22D,23D;. The van der Waals surface area contributed by atoms with Gasteiger partial charge in [-0.1, -0.05) is 164 Å². The molecular weight excluding hydrogens is 926 g/mol. The van der Waals surface area contributed by atoms with Crippen LogP contribution in [0.4, 0.5) is 0 Å². The van der Waals surface area contributed by atoms with Crippen molar-refractivity contribution in [2.45, 2.75) is 92.1 Å². The minimum atomic E-state index is -3.54. The van der Waals surface area contributed by atoms with Crippen LogP contribution in [0.1, 0.15) is 112 Å². The molecule has 4 nitrogen and oxygen atoms in total. The van der Waals surface area contributed by atoms with Gasteiger partial charge in [-0.3, -0.25) is 9.55 Å². The van der Waals surface area contributed by atoms with E-state index < -0.39 is 78.9 Å². The number of benzene rings is 6. The summed E-state index contributed by atoms with van der Waals surface area (Å²) in [4.78, 5) is 10.1. The first-order valence-electron chi connectivity index (χ1n) is 27.7. The molecule has 0 saturated heterocycles. The van der Waals surface area contributed by atoms with Gasteiger partial charge in [-0.2, -0.15) is 0 Å². The van der Waals surface area contributed by atoms with Gasteiger partial charge < -0.3 is 5.11 Å². The number of aromatic nitrogens is 3. The van der Waals surface area contributed by atoms with E-state index in [4.69, 9.17) is 26.9 Å². The number of hydrogen-bond acceptors (Lipinski definition) is 3. The fourth-order valence-electron chi connectivity index (χ4n) is 7.55. The van der Waals surface area contributed by atoms with Crippen molar-refractivity contribution < 1.29 is 48.1 Å². The molecule has 0 aliphatic carbocycles. The quantitative estimate of drug-likeness (QED) is 0.169. The van der Waals surface area contributed by atoms with E-state index in [2.05, 4.69) is 11.1 Å². The van der Waals surface area contributed by atoms with Gasteiger partial charge in [-0.05, 0) is 88.2 Å². The van der Waals surface area contributed by atoms with Gasteiger partial charge in [0.05, 0.1) is 27.8 Å². The molecule has 2 heterocycles. The number of pyridine rings is 1. The first-order chi connectivity index (χ1) is 35.0. The Balaban J connectivity index is 0.00000861. The van der Waals surface area contributed by atoms with Crippen molar-refractivity contribution >= 4 is 11.0 Å². The summed E-state index contributed by atoms with van der Waals surface area (Å²) in [5, 5.41) is 12.4. The van der Waals surface area contributed by atoms with Crippen molar-refractivity contribution in [2.24, 2.45) is 0 Å². The molecule has 1 N–H and O–H groups in total. The number of hydrogen-bond donors (Lipinski definition) is 1. The molecule has 0 atom stereocenters. The van der Waals surface area contributed by atoms with Crippen LogP contribution >= 0.6 is 0 Å². The Morgan fingerprint density at radius 1 is 0.639 bits per heavy atom. The molecular formula is C56H56N3OPt-. The Labute approximate surface area is 399 Å². The second-order valence-corrected chi connectivity index (χ2v) is 17.4. The van der Waals surface area contributed by atoms with E-state index in [9.17, 15) is 5.11 Å². The maximum absolute atomic E-state index is 12.4. The number of rotatable bonds is 6. The fraction of sp³-hybridized carbons (Fsp3) is 0.250. The maximum atomic E-state index is 12.4. The van der Waals surface area contributed by atoms with E-state index in [0.29, 0.717) is 55.8 Å². The SMILES string of the molecule is [2H]c1c([2H])c(C([2H])([2H])[2H])c([2H])c([2H])c1-c1ccnc(-c2[c-]c(-c3cccc4c3nc(-c3cc(C)cc(C(C)(C)C)c3O)n4-c3ccc(C(C([2H])([2H])[2H])(C([2H])([2H])[2H])C([2H])([2H])[2H])cc3-c3ccccc3)cc(C(C)(C)C)c2)c1.[Pt]. The normalized spacial score (nSPS) is 16.8. The Morgan fingerprint density at radius 2 is 1.38 bits per heavy atom. The minimum absolute atomic E-state index is 0. The van der Waals surface area contributed by atoms with Crippen molar-refractivity contribution in [2.75, 3.05) is 0 Å². The molecule has 0 aliphatic heterocycles. The summed E-state index contributed by atoms with van der Waals surface area (Å²) in [5.41, 5.74) is 1.36. The van der Waals surface area contributed by atoms with Crippen LogP contribution < -0.4 is 0 Å². The van der Waals surface area contributed by atoms with E-state index >= 15 is 0 Å². The average Bonchev–Trinajstić information content (AvgIpc) is 3.78. The molecule has 0 spiro atoms. The van der Waals surface area contributed by atoms with Crippen LogP contribution in [0.25, 0.3) is 72.7 Å². The summed E-state index contributed by atoms with van der Waals surface area (Å²) in [6, 6.07) is 30.2. The number of phenols is 1. The summed E-state index contributed by atoms with van der Waals surface area (Å²) >= 11 is 0. The first-order valence-corrected chi connectivity index (χ1v) is 19.7. The maximum Gasteiger partial charge on any atom is 0.148 e. The van der Waals surface area contributed by atoms with E-state index in [0.717, 1.165) is 11.1 Å². The van der Waals surface area contributed by atoms with Gasteiger partial charge in [0.25, 0.3) is 0 Å². The van der Waals surface area contributed by atoms with Crippen molar-refractivity contribution in [3.8, 4) is 67.5 Å². The largest absolute Gasteiger partial charge is 0.507 e. The smallest absolute Gasteiger partial charge is 0.148 e. The Morgan fingerprint density at radius 3 is 2.07 bits per heavy atom. The molecule has 61 heavy (non-hydrogen) atoms. The molecule has 6 aromatic carbocycles. The Hall–Kier alpha value is -5.57. The number of aryl methyl sites for hydroxylation is 1. The van der Waals surface area contributed by atoms with Crippen molar-refractivity contribution in [1.82, 2.24) is 14.5 Å². The van der Waals surface area contributed by atoms with Crippen LogP contribution in [-0.2, 0) is 37.3 Å². The van der Waals surface area contributed by atoms with Crippen LogP contribution in [-0.4, -0.2) is 19.6 Å². The first kappa shape index (κ1) is 27.4. The van der Waals surface area contributed by atoms with Crippen LogP contribution in [0.2, 0.25) is 0 Å². The van der Waals surface area contributed by atoms with Gasteiger partial charge in [-0.25, -0.2) is 4.98 Å². The molecule has 0 fully saturated rings. The second kappa shape index (κ2) is 16.4. The predicted octanol–water partition coefficient (Wildman–Crippen LogP) is 14.8. The molecule has 312 valence electrons. The van der Waals surface area contributed by atoms with Gasteiger partial charge in [-0.15, -0.1) is 29.3 Å². The number of imidazole rings is 1. The minimum Gasteiger partial charge on any atom is -0.507 e. The van der Waals surface area contributed by atoms with Crippen LogP contribution in [0, 0.1) is 19.8 Å². The molecule has 0 amide bonds. The van der Waals surface area contributed by atoms with Crippen LogP contribution in [0.5, 0.6) is 5.75 Å². The van der Waals surface area contributed by atoms with Gasteiger partial charge >= 0.3 is 0 Å². The molecule has 2 aromatic heterocycles. The van der Waals surface area contributed by atoms with Crippen LogP contribution in [0.15, 0.2) is 133 Å². The van der Waals surface area contributed by atoms with E-state index in [1.807, 2.05) is 84.9 Å². The molecule has 0 unspecified atom stereocenters. The van der Waals surface area contributed by atoms with E-state index in [1.54, 1.807) is 47.0 Å². The summed E-state index contributed by atoms with van der Waals surface area (Å²) < 4.78 is 137. The predicted molar refractivity (Wildman–Crippen MR) is 252 cm³/mol. The Kier molecular flexibility index (Phi) is 7.35. The number of aromatic hydroxyl groups is 1. The summed E-state index contributed by atoms with van der Waals surface area (Å²) in [5.74, 6) is 0.198. The van der Waals surface area contributed by atoms with E-state index in [-0.39, 0.29) is 49.3 Å². The zero-order valence-electron chi connectivity index (χ0n) is 51.0. The molecule has 8 aromatic rings. The van der Waals surface area contributed by atoms with Crippen molar-refractivity contribution in [1.29, 1.82) is 0 Å². The number of phenolic OH excluding ortho intramolecular Hbond substituents is 1. The molecule has 0 bridgehead atoms. The average molecular weight is 998 g/mol. The summed E-state index contributed by atoms with van der Waals surface area (Å²) in [6.07, 6.45) is 1.47. The fourth-order valence-corrected chi connectivity index (χ4v) is 7.55. The second-order valence-electron chi connectivity index (χ2n) is 17.4.